The Balaban J connectivity index is 2.32. The number of halogens is 3. The molecule has 0 saturated heterocycles. The quantitative estimate of drug-likeness (QED) is 0.710. The Hall–Kier alpha value is -0.440. The van der Waals surface area contributed by atoms with Crippen LogP contribution in [0.2, 0.25) is 0 Å². The van der Waals surface area contributed by atoms with Crippen molar-refractivity contribution < 1.29 is 8.78 Å². The van der Waals surface area contributed by atoms with Crippen molar-refractivity contribution in [1.29, 1.82) is 0 Å². The van der Waals surface area contributed by atoms with Gasteiger partial charge in [-0.2, -0.15) is 0 Å². The van der Waals surface area contributed by atoms with Crippen LogP contribution in [0, 0.1) is 5.41 Å². The number of rotatable bonds is 2. The van der Waals surface area contributed by atoms with E-state index in [0.717, 1.165) is 5.56 Å². The lowest BCUT2D eigenvalue weighted by molar-refractivity contribution is 0.0743. The van der Waals surface area contributed by atoms with Gasteiger partial charge in [-0.05, 0) is 5.56 Å². The Morgan fingerprint density at radius 3 is 2.29 bits per heavy atom. The molecule has 0 aromatic heterocycles. The summed E-state index contributed by atoms with van der Waals surface area (Å²) >= 11 is 3.17. The first kappa shape index (κ1) is 10.1. The fraction of sp³-hybridized carbons (Fsp3) is 0.455. The first-order valence-corrected chi connectivity index (χ1v) is 5.65. The molecule has 1 aliphatic rings. The summed E-state index contributed by atoms with van der Waals surface area (Å²) in [5.41, 5.74) is -0.173. The topological polar surface area (TPSA) is 0 Å². The molecule has 76 valence electrons. The molecule has 0 amide bonds. The maximum atomic E-state index is 13.5. The molecule has 1 aromatic carbocycles. The zero-order chi connectivity index (χ0) is 10.4. The summed E-state index contributed by atoms with van der Waals surface area (Å²) in [6, 6.07) is 8.99. The molecule has 1 aliphatic carbocycles. The molecule has 2 atom stereocenters. The van der Waals surface area contributed by atoms with E-state index in [2.05, 4.69) is 15.9 Å². The van der Waals surface area contributed by atoms with Crippen molar-refractivity contribution in [3.8, 4) is 0 Å². The summed E-state index contributed by atoms with van der Waals surface area (Å²) in [4.78, 5) is 0. The Labute approximate surface area is 90.4 Å². The molecule has 0 unspecified atom stereocenters. The molecule has 1 saturated carbocycles. The van der Waals surface area contributed by atoms with Crippen molar-refractivity contribution >= 4 is 15.9 Å². The van der Waals surface area contributed by atoms with E-state index in [1.54, 1.807) is 31.2 Å². The van der Waals surface area contributed by atoms with Crippen LogP contribution in [0.1, 0.15) is 18.4 Å². The zero-order valence-corrected chi connectivity index (χ0v) is 9.39. The minimum absolute atomic E-state index is 0.340. The molecule has 14 heavy (non-hydrogen) atoms. The van der Waals surface area contributed by atoms with Crippen LogP contribution in [0.3, 0.4) is 0 Å². The van der Waals surface area contributed by atoms with Crippen molar-refractivity contribution in [2.45, 2.75) is 18.8 Å². The van der Waals surface area contributed by atoms with Crippen LogP contribution in [-0.2, 0) is 0 Å². The summed E-state index contributed by atoms with van der Waals surface area (Å²) in [6.07, 6.45) is 0. The third-order valence-corrected chi connectivity index (χ3v) is 4.25. The average Bonchev–Trinajstić information content (AvgIpc) is 2.63. The second-order valence-corrected chi connectivity index (χ2v) is 4.58. The van der Waals surface area contributed by atoms with Crippen molar-refractivity contribution in [1.82, 2.24) is 0 Å². The molecule has 2 rings (SSSR count). The first-order chi connectivity index (χ1) is 6.54. The van der Waals surface area contributed by atoms with Gasteiger partial charge in [0.05, 0.1) is 11.3 Å². The Morgan fingerprint density at radius 2 is 1.86 bits per heavy atom. The van der Waals surface area contributed by atoms with E-state index in [9.17, 15) is 8.78 Å². The lowest BCUT2D eigenvalue weighted by Crippen LogP contribution is -2.06. The molecule has 0 spiro atoms. The zero-order valence-electron chi connectivity index (χ0n) is 7.81. The second-order valence-electron chi connectivity index (χ2n) is 4.02. The molecule has 0 nitrogen and oxygen atoms in total. The lowest BCUT2D eigenvalue weighted by Gasteiger charge is -2.03. The molecule has 0 bridgehead atoms. The van der Waals surface area contributed by atoms with Gasteiger partial charge in [0.2, 0.25) is 0 Å². The molecule has 0 radical (unpaired) electrons. The van der Waals surface area contributed by atoms with E-state index in [4.69, 9.17) is 0 Å². The molecule has 1 fully saturated rings. The summed E-state index contributed by atoms with van der Waals surface area (Å²) < 4.78 is 27.0. The third kappa shape index (κ3) is 1.14. The molecule has 0 heterocycles. The predicted octanol–water partition coefficient (Wildman–Crippen LogP) is 3.82. The van der Waals surface area contributed by atoms with Gasteiger partial charge in [0, 0.05) is 5.33 Å². The monoisotopic (exact) mass is 260 g/mol. The summed E-state index contributed by atoms with van der Waals surface area (Å²) in [6.45, 7) is 1.62. The van der Waals surface area contributed by atoms with E-state index in [1.807, 2.05) is 6.07 Å². The van der Waals surface area contributed by atoms with E-state index in [0.29, 0.717) is 5.33 Å². The van der Waals surface area contributed by atoms with Gasteiger partial charge in [-0.25, -0.2) is 8.78 Å². The van der Waals surface area contributed by atoms with Gasteiger partial charge in [-0.3, -0.25) is 0 Å². The van der Waals surface area contributed by atoms with Gasteiger partial charge in [-0.15, -0.1) is 0 Å². The van der Waals surface area contributed by atoms with Crippen molar-refractivity contribution in [3.63, 3.8) is 0 Å². The van der Waals surface area contributed by atoms with Gasteiger partial charge in [-0.1, -0.05) is 53.2 Å². The Bertz CT molecular complexity index is 336. The molecule has 1 aromatic rings. The lowest BCUT2D eigenvalue weighted by atomic mass is 10.0. The van der Waals surface area contributed by atoms with Crippen LogP contribution in [0.15, 0.2) is 30.3 Å². The van der Waals surface area contributed by atoms with Gasteiger partial charge in [0.15, 0.2) is 0 Å². The molecular weight excluding hydrogens is 250 g/mol. The van der Waals surface area contributed by atoms with E-state index < -0.39 is 17.3 Å². The van der Waals surface area contributed by atoms with Gasteiger partial charge >= 0.3 is 0 Å². The van der Waals surface area contributed by atoms with Crippen LogP contribution in [0.4, 0.5) is 8.78 Å². The maximum Gasteiger partial charge on any atom is 0.262 e. The van der Waals surface area contributed by atoms with Crippen LogP contribution in [0.25, 0.3) is 0 Å². The number of hydrogen-bond donors (Lipinski definition) is 0. The van der Waals surface area contributed by atoms with E-state index in [-0.39, 0.29) is 0 Å². The molecular formula is C11H11BrF2. The second kappa shape index (κ2) is 3.02. The van der Waals surface area contributed by atoms with Crippen molar-refractivity contribution in [2.75, 3.05) is 5.33 Å². The van der Waals surface area contributed by atoms with Gasteiger partial charge < -0.3 is 0 Å². The Kier molecular flexibility index (Phi) is 2.18. The molecule has 0 aliphatic heterocycles. The highest BCUT2D eigenvalue weighted by Crippen LogP contribution is 2.71. The van der Waals surface area contributed by atoms with Crippen LogP contribution in [0.5, 0.6) is 0 Å². The summed E-state index contributed by atoms with van der Waals surface area (Å²) in [5.74, 6) is -3.20. The third-order valence-electron chi connectivity index (χ3n) is 3.09. The van der Waals surface area contributed by atoms with Crippen molar-refractivity contribution in [2.24, 2.45) is 5.41 Å². The summed E-state index contributed by atoms with van der Waals surface area (Å²) in [5, 5.41) is 0.340. The van der Waals surface area contributed by atoms with E-state index in [1.165, 1.54) is 0 Å². The van der Waals surface area contributed by atoms with Crippen LogP contribution in [-0.4, -0.2) is 11.3 Å². The average molecular weight is 261 g/mol. The smallest absolute Gasteiger partial charge is 0.205 e. The number of benzene rings is 1. The minimum Gasteiger partial charge on any atom is -0.205 e. The Morgan fingerprint density at radius 1 is 1.29 bits per heavy atom. The SMILES string of the molecule is C[C@@]1(CBr)[C@@H](c2ccccc2)C1(F)F. The van der Waals surface area contributed by atoms with Crippen LogP contribution >= 0.6 is 15.9 Å². The largest absolute Gasteiger partial charge is 0.262 e. The predicted molar refractivity (Wildman–Crippen MR) is 56.0 cm³/mol. The molecule has 3 heteroatoms. The van der Waals surface area contributed by atoms with Crippen molar-refractivity contribution in [3.05, 3.63) is 35.9 Å². The normalized spacial score (nSPS) is 34.1. The van der Waals surface area contributed by atoms with E-state index >= 15 is 0 Å². The fourth-order valence-electron chi connectivity index (χ4n) is 1.97. The highest BCUT2D eigenvalue weighted by molar-refractivity contribution is 9.09. The fourth-order valence-corrected chi connectivity index (χ4v) is 2.67. The van der Waals surface area contributed by atoms with Crippen LogP contribution < -0.4 is 0 Å². The highest BCUT2D eigenvalue weighted by atomic mass is 79.9. The number of alkyl halides is 3. The minimum atomic E-state index is -2.57. The molecule has 0 N–H and O–H groups in total. The summed E-state index contributed by atoms with van der Waals surface area (Å²) in [7, 11) is 0. The highest BCUT2D eigenvalue weighted by Gasteiger charge is 2.77. The van der Waals surface area contributed by atoms with Gasteiger partial charge in [0.1, 0.15) is 0 Å². The number of hydrogen-bond acceptors (Lipinski definition) is 0. The van der Waals surface area contributed by atoms with Gasteiger partial charge in [0.25, 0.3) is 5.92 Å². The standard InChI is InChI=1S/C11H11BrF2/c1-10(7-12)9(11(10,13)14)8-5-3-2-4-6-8/h2-6,9H,7H2,1H3/t9-,10-/m1/s1. The first-order valence-electron chi connectivity index (χ1n) is 4.53. The maximum absolute atomic E-state index is 13.5.